The highest BCUT2D eigenvalue weighted by Crippen LogP contribution is 2.30. The first-order chi connectivity index (χ1) is 12.0. The molecule has 2 saturated heterocycles. The third-order valence-electron chi connectivity index (χ3n) is 5.88. The monoisotopic (exact) mass is 344 g/mol. The first-order valence-electron chi connectivity index (χ1n) is 9.61. The van der Waals surface area contributed by atoms with E-state index in [9.17, 15) is 4.79 Å². The second-order valence-electron chi connectivity index (χ2n) is 7.54. The molecule has 2 aliphatic rings. The number of benzene rings is 1. The first kappa shape index (κ1) is 18.2. The number of nitrogens with zero attached hydrogens (tertiary/aromatic N) is 2. The van der Waals surface area contributed by atoms with Gasteiger partial charge in [-0.15, -0.1) is 0 Å². The molecule has 0 spiro atoms. The molecule has 0 saturated carbocycles. The molecule has 3 N–H and O–H groups in total. The van der Waals surface area contributed by atoms with E-state index in [1.807, 2.05) is 6.92 Å². The molecule has 3 rings (SSSR count). The van der Waals surface area contributed by atoms with Crippen LogP contribution in [0.15, 0.2) is 18.2 Å². The normalized spacial score (nSPS) is 25.4. The molecular weight excluding hydrogens is 312 g/mol. The van der Waals surface area contributed by atoms with Crippen LogP contribution in [0.2, 0.25) is 0 Å². The SMILES string of the molecule is CCNC(=O)[C@@H]1C[C@H](N)CN1C1CCN(c2cccc(C)c2C)CC1. The highest BCUT2D eigenvalue weighted by atomic mass is 16.2. The quantitative estimate of drug-likeness (QED) is 0.874. The molecule has 5 heteroatoms. The molecule has 0 unspecified atom stereocenters. The number of likely N-dealkylation sites (tertiary alicyclic amines) is 1. The van der Waals surface area contributed by atoms with Crippen LogP contribution in [0.25, 0.3) is 0 Å². The Labute approximate surface area is 151 Å². The standard InChI is InChI=1S/C20H32N4O/c1-4-22-20(25)19-12-16(21)13-24(19)17-8-10-23(11-9-17)18-7-5-6-14(2)15(18)3/h5-7,16-17,19H,4,8-13,21H2,1-3H3,(H,22,25)/t16-,19-/m0/s1. The summed E-state index contributed by atoms with van der Waals surface area (Å²) in [6.45, 7) is 9.97. The van der Waals surface area contributed by atoms with Gasteiger partial charge in [0, 0.05) is 44.0 Å². The molecule has 0 aliphatic carbocycles. The molecule has 0 aromatic heterocycles. The van der Waals surface area contributed by atoms with Crippen molar-refractivity contribution in [2.75, 3.05) is 31.1 Å². The van der Waals surface area contributed by atoms with Gasteiger partial charge in [0.25, 0.3) is 0 Å². The van der Waals surface area contributed by atoms with Gasteiger partial charge in [0.2, 0.25) is 5.91 Å². The number of nitrogens with two attached hydrogens (primary N) is 1. The van der Waals surface area contributed by atoms with Crippen molar-refractivity contribution in [1.29, 1.82) is 0 Å². The number of piperidine rings is 1. The molecule has 25 heavy (non-hydrogen) atoms. The lowest BCUT2D eigenvalue weighted by atomic mass is 9.99. The summed E-state index contributed by atoms with van der Waals surface area (Å²) in [5, 5.41) is 2.98. The summed E-state index contributed by atoms with van der Waals surface area (Å²) in [5.74, 6) is 0.146. The van der Waals surface area contributed by atoms with Gasteiger partial charge in [-0.25, -0.2) is 0 Å². The highest BCUT2D eigenvalue weighted by Gasteiger charge is 2.39. The van der Waals surface area contributed by atoms with Crippen LogP contribution in [-0.2, 0) is 4.79 Å². The van der Waals surface area contributed by atoms with Crippen LogP contribution in [0.1, 0.15) is 37.3 Å². The molecule has 138 valence electrons. The fourth-order valence-electron chi connectivity index (χ4n) is 4.36. The number of hydrogen-bond acceptors (Lipinski definition) is 4. The van der Waals surface area contributed by atoms with Gasteiger partial charge in [0.05, 0.1) is 6.04 Å². The average Bonchev–Trinajstić information content (AvgIpc) is 3.00. The van der Waals surface area contributed by atoms with Crippen LogP contribution in [0.4, 0.5) is 5.69 Å². The van der Waals surface area contributed by atoms with Gasteiger partial charge in [-0.2, -0.15) is 0 Å². The molecule has 1 amide bonds. The Morgan fingerprint density at radius 3 is 2.68 bits per heavy atom. The van der Waals surface area contributed by atoms with E-state index in [-0.39, 0.29) is 18.0 Å². The van der Waals surface area contributed by atoms with Gasteiger partial charge in [-0.05, 0) is 57.2 Å². The Hall–Kier alpha value is -1.59. The topological polar surface area (TPSA) is 61.6 Å². The van der Waals surface area contributed by atoms with Crippen LogP contribution in [-0.4, -0.2) is 55.1 Å². The zero-order valence-corrected chi connectivity index (χ0v) is 15.8. The van der Waals surface area contributed by atoms with E-state index < -0.39 is 0 Å². The van der Waals surface area contributed by atoms with Crippen LogP contribution in [0.3, 0.4) is 0 Å². The van der Waals surface area contributed by atoms with Gasteiger partial charge in [0.15, 0.2) is 0 Å². The largest absolute Gasteiger partial charge is 0.371 e. The minimum Gasteiger partial charge on any atom is -0.371 e. The average molecular weight is 345 g/mol. The lowest BCUT2D eigenvalue weighted by molar-refractivity contribution is -0.126. The van der Waals surface area contributed by atoms with E-state index in [1.54, 1.807) is 0 Å². The zero-order chi connectivity index (χ0) is 18.0. The fourth-order valence-corrected chi connectivity index (χ4v) is 4.36. The molecule has 2 heterocycles. The predicted molar refractivity (Wildman–Crippen MR) is 103 cm³/mol. The van der Waals surface area contributed by atoms with E-state index in [0.29, 0.717) is 12.6 Å². The van der Waals surface area contributed by atoms with Crippen molar-refractivity contribution in [2.45, 2.75) is 58.2 Å². The van der Waals surface area contributed by atoms with Crippen LogP contribution in [0.5, 0.6) is 0 Å². The second kappa shape index (κ2) is 7.75. The number of rotatable bonds is 4. The third-order valence-corrected chi connectivity index (χ3v) is 5.88. The molecule has 0 bridgehead atoms. The van der Waals surface area contributed by atoms with E-state index >= 15 is 0 Å². The third kappa shape index (κ3) is 3.82. The van der Waals surface area contributed by atoms with Gasteiger partial charge in [0.1, 0.15) is 0 Å². The lowest BCUT2D eigenvalue weighted by Crippen LogP contribution is -2.51. The molecule has 0 radical (unpaired) electrons. The van der Waals surface area contributed by atoms with Gasteiger partial charge in [-0.1, -0.05) is 12.1 Å². The zero-order valence-electron chi connectivity index (χ0n) is 15.8. The molecular formula is C20H32N4O. The maximum absolute atomic E-state index is 12.4. The predicted octanol–water partition coefficient (Wildman–Crippen LogP) is 1.81. The number of nitrogens with one attached hydrogen (secondary N) is 1. The van der Waals surface area contributed by atoms with Crippen molar-refractivity contribution in [3.8, 4) is 0 Å². The Morgan fingerprint density at radius 2 is 2.00 bits per heavy atom. The molecule has 2 fully saturated rings. The Bertz CT molecular complexity index is 610. The smallest absolute Gasteiger partial charge is 0.237 e. The Balaban J connectivity index is 1.65. The van der Waals surface area contributed by atoms with Crippen molar-refractivity contribution in [3.63, 3.8) is 0 Å². The fraction of sp³-hybridized carbons (Fsp3) is 0.650. The minimum absolute atomic E-state index is 0.0489. The number of carbonyl (C=O) groups excluding carboxylic acids is 1. The van der Waals surface area contributed by atoms with Crippen molar-refractivity contribution < 1.29 is 4.79 Å². The Kier molecular flexibility index (Phi) is 5.64. The van der Waals surface area contributed by atoms with Crippen molar-refractivity contribution in [2.24, 2.45) is 5.73 Å². The number of likely N-dealkylation sites (N-methyl/N-ethyl adjacent to an activating group) is 1. The number of hydrogen-bond donors (Lipinski definition) is 2. The van der Waals surface area contributed by atoms with Crippen LogP contribution >= 0.6 is 0 Å². The first-order valence-corrected chi connectivity index (χ1v) is 9.61. The second-order valence-corrected chi connectivity index (χ2v) is 7.54. The molecule has 1 aromatic carbocycles. The summed E-state index contributed by atoms with van der Waals surface area (Å²) in [4.78, 5) is 17.3. The summed E-state index contributed by atoms with van der Waals surface area (Å²) in [6, 6.07) is 7.08. The minimum atomic E-state index is -0.0489. The number of carbonyl (C=O) groups is 1. The summed E-state index contributed by atoms with van der Waals surface area (Å²) in [6.07, 6.45) is 2.97. The summed E-state index contributed by atoms with van der Waals surface area (Å²) in [5.41, 5.74) is 10.3. The Morgan fingerprint density at radius 1 is 1.28 bits per heavy atom. The van der Waals surface area contributed by atoms with Crippen molar-refractivity contribution >= 4 is 11.6 Å². The van der Waals surface area contributed by atoms with E-state index in [1.165, 1.54) is 16.8 Å². The summed E-state index contributed by atoms with van der Waals surface area (Å²) in [7, 11) is 0. The number of anilines is 1. The van der Waals surface area contributed by atoms with Crippen LogP contribution in [0, 0.1) is 13.8 Å². The molecule has 2 aliphatic heterocycles. The van der Waals surface area contributed by atoms with E-state index in [0.717, 1.165) is 38.9 Å². The summed E-state index contributed by atoms with van der Waals surface area (Å²) >= 11 is 0. The molecule has 5 nitrogen and oxygen atoms in total. The van der Waals surface area contributed by atoms with Gasteiger partial charge in [-0.3, -0.25) is 9.69 Å². The summed E-state index contributed by atoms with van der Waals surface area (Å²) < 4.78 is 0. The number of aryl methyl sites for hydroxylation is 1. The maximum Gasteiger partial charge on any atom is 0.237 e. The molecule has 1 aromatic rings. The van der Waals surface area contributed by atoms with Crippen LogP contribution < -0.4 is 16.0 Å². The van der Waals surface area contributed by atoms with Gasteiger partial charge < -0.3 is 16.0 Å². The van der Waals surface area contributed by atoms with E-state index in [2.05, 4.69) is 47.2 Å². The van der Waals surface area contributed by atoms with E-state index in [4.69, 9.17) is 5.73 Å². The lowest BCUT2D eigenvalue weighted by Gasteiger charge is -2.40. The highest BCUT2D eigenvalue weighted by molar-refractivity contribution is 5.82. The maximum atomic E-state index is 12.4. The van der Waals surface area contributed by atoms with Gasteiger partial charge >= 0.3 is 0 Å². The molecule has 2 atom stereocenters. The number of amides is 1. The van der Waals surface area contributed by atoms with Crippen molar-refractivity contribution in [1.82, 2.24) is 10.2 Å². The van der Waals surface area contributed by atoms with Crippen molar-refractivity contribution in [3.05, 3.63) is 29.3 Å².